The monoisotopic (exact) mass is 256 g/mol. The maximum Gasteiger partial charge on any atom is 0.125 e. The van der Waals surface area contributed by atoms with E-state index in [2.05, 4.69) is 4.98 Å². The molecule has 0 aliphatic rings. The van der Waals surface area contributed by atoms with Crippen LogP contribution in [-0.4, -0.2) is 11.5 Å². The van der Waals surface area contributed by atoms with Crippen molar-refractivity contribution < 1.29 is 4.39 Å². The van der Waals surface area contributed by atoms with Gasteiger partial charge in [-0.05, 0) is 18.7 Å². The second kappa shape index (κ2) is 4.91. The van der Waals surface area contributed by atoms with Crippen LogP contribution in [0.2, 0.25) is 4.34 Å². The van der Waals surface area contributed by atoms with Gasteiger partial charge in [-0.2, -0.15) is 0 Å². The van der Waals surface area contributed by atoms with Gasteiger partial charge in [-0.3, -0.25) is 0 Å². The summed E-state index contributed by atoms with van der Waals surface area (Å²) in [5, 5.41) is 0.730. The first kappa shape index (κ1) is 11.5. The molecule has 0 saturated heterocycles. The van der Waals surface area contributed by atoms with Crippen molar-refractivity contribution in [2.75, 3.05) is 6.54 Å². The lowest BCUT2D eigenvalue weighted by Crippen LogP contribution is -2.03. The van der Waals surface area contributed by atoms with Crippen LogP contribution in [0.3, 0.4) is 0 Å². The summed E-state index contributed by atoms with van der Waals surface area (Å²) < 4.78 is 13.7. The van der Waals surface area contributed by atoms with Gasteiger partial charge in [-0.15, -0.1) is 11.3 Å². The lowest BCUT2D eigenvalue weighted by atomic mass is 10.2. The van der Waals surface area contributed by atoms with E-state index in [1.807, 2.05) is 6.07 Å². The van der Waals surface area contributed by atoms with E-state index in [0.29, 0.717) is 17.3 Å². The maximum atomic E-state index is 13.0. The van der Waals surface area contributed by atoms with Crippen LogP contribution in [0.5, 0.6) is 0 Å². The minimum Gasteiger partial charge on any atom is -0.330 e. The van der Waals surface area contributed by atoms with Crippen molar-refractivity contribution in [3.8, 4) is 10.6 Å². The fourth-order valence-electron chi connectivity index (χ4n) is 1.37. The third-order valence-corrected chi connectivity index (χ3v) is 3.49. The van der Waals surface area contributed by atoms with Gasteiger partial charge in [-0.1, -0.05) is 23.7 Å². The summed E-state index contributed by atoms with van der Waals surface area (Å²) in [6, 6.07) is 6.31. The van der Waals surface area contributed by atoms with Gasteiger partial charge >= 0.3 is 0 Å². The molecule has 2 N–H and O–H groups in total. The number of thiazole rings is 1. The maximum absolute atomic E-state index is 13.0. The van der Waals surface area contributed by atoms with Crippen LogP contribution in [0, 0.1) is 5.82 Å². The van der Waals surface area contributed by atoms with Gasteiger partial charge in [0.05, 0.1) is 5.69 Å². The van der Waals surface area contributed by atoms with Crippen LogP contribution in [0.25, 0.3) is 10.6 Å². The Morgan fingerprint density at radius 3 is 2.94 bits per heavy atom. The predicted molar refractivity (Wildman–Crippen MR) is 65.3 cm³/mol. The smallest absolute Gasteiger partial charge is 0.125 e. The summed E-state index contributed by atoms with van der Waals surface area (Å²) in [5.41, 5.74) is 6.98. The van der Waals surface area contributed by atoms with Gasteiger partial charge < -0.3 is 5.73 Å². The van der Waals surface area contributed by atoms with E-state index in [1.54, 1.807) is 6.07 Å². The van der Waals surface area contributed by atoms with E-state index in [-0.39, 0.29) is 5.82 Å². The molecule has 0 aliphatic carbocycles. The van der Waals surface area contributed by atoms with Crippen LogP contribution in [0.4, 0.5) is 4.39 Å². The third kappa shape index (κ3) is 2.40. The summed E-state index contributed by atoms with van der Waals surface area (Å²) in [6.07, 6.45) is 0.644. The fourth-order valence-corrected chi connectivity index (χ4v) is 2.56. The Morgan fingerprint density at radius 1 is 1.44 bits per heavy atom. The van der Waals surface area contributed by atoms with E-state index in [1.165, 1.54) is 23.5 Å². The number of rotatable bonds is 3. The van der Waals surface area contributed by atoms with Crippen molar-refractivity contribution in [3.63, 3.8) is 0 Å². The molecule has 0 amide bonds. The Labute approximate surface area is 102 Å². The molecule has 0 radical (unpaired) electrons. The van der Waals surface area contributed by atoms with Crippen LogP contribution < -0.4 is 5.73 Å². The number of hydrogen-bond acceptors (Lipinski definition) is 3. The number of benzene rings is 1. The highest BCUT2D eigenvalue weighted by molar-refractivity contribution is 7.19. The summed E-state index contributed by atoms with van der Waals surface area (Å²) in [5.74, 6) is -0.274. The van der Waals surface area contributed by atoms with E-state index in [0.717, 1.165) is 16.3 Å². The van der Waals surface area contributed by atoms with E-state index >= 15 is 0 Å². The van der Waals surface area contributed by atoms with Crippen molar-refractivity contribution in [1.82, 2.24) is 4.98 Å². The van der Waals surface area contributed by atoms with E-state index < -0.39 is 0 Å². The zero-order valence-electron chi connectivity index (χ0n) is 8.41. The van der Waals surface area contributed by atoms with E-state index in [9.17, 15) is 4.39 Å². The van der Waals surface area contributed by atoms with E-state index in [4.69, 9.17) is 17.3 Å². The van der Waals surface area contributed by atoms with Crippen molar-refractivity contribution >= 4 is 22.9 Å². The highest BCUT2D eigenvalue weighted by Crippen LogP contribution is 2.31. The minimum absolute atomic E-state index is 0.274. The third-order valence-electron chi connectivity index (χ3n) is 2.10. The zero-order valence-corrected chi connectivity index (χ0v) is 9.98. The molecule has 0 spiro atoms. The summed E-state index contributed by atoms with van der Waals surface area (Å²) in [6.45, 7) is 0.506. The number of halogens is 2. The minimum atomic E-state index is -0.274. The van der Waals surface area contributed by atoms with Crippen molar-refractivity contribution in [1.29, 1.82) is 0 Å². The van der Waals surface area contributed by atoms with Gasteiger partial charge in [0, 0.05) is 12.0 Å². The zero-order chi connectivity index (χ0) is 11.5. The molecule has 0 bridgehead atoms. The molecule has 0 fully saturated rings. The molecule has 0 atom stereocenters. The molecule has 5 heteroatoms. The Balaban J connectivity index is 2.37. The molecule has 2 rings (SSSR count). The Bertz CT molecular complexity index is 498. The predicted octanol–water partition coefficient (Wildman–Crippen LogP) is 3.10. The van der Waals surface area contributed by atoms with Crippen molar-refractivity contribution in [2.45, 2.75) is 6.42 Å². The molecular weight excluding hydrogens is 247 g/mol. The molecule has 2 aromatic rings. The molecule has 1 aromatic carbocycles. The summed E-state index contributed by atoms with van der Waals surface area (Å²) in [7, 11) is 0. The average molecular weight is 257 g/mol. The normalized spacial score (nSPS) is 10.7. The molecule has 1 heterocycles. The number of nitrogens with zero attached hydrogens (tertiary/aromatic N) is 1. The molecule has 2 nitrogen and oxygen atoms in total. The number of nitrogens with two attached hydrogens (primary N) is 1. The second-order valence-electron chi connectivity index (χ2n) is 3.29. The lowest BCUT2D eigenvalue weighted by Gasteiger charge is -1.95. The van der Waals surface area contributed by atoms with Crippen molar-refractivity contribution in [3.05, 3.63) is 40.1 Å². The van der Waals surface area contributed by atoms with Crippen LogP contribution >= 0.6 is 22.9 Å². The first-order chi connectivity index (χ1) is 7.70. The molecular formula is C11H10ClFN2S. The molecule has 0 aliphatic heterocycles. The van der Waals surface area contributed by atoms with Gasteiger partial charge in [0.2, 0.25) is 0 Å². The molecule has 0 saturated carbocycles. The first-order valence-electron chi connectivity index (χ1n) is 4.82. The van der Waals surface area contributed by atoms with Crippen LogP contribution in [-0.2, 0) is 6.42 Å². The number of aromatic nitrogens is 1. The Morgan fingerprint density at radius 2 is 2.25 bits per heavy atom. The van der Waals surface area contributed by atoms with Gasteiger partial charge in [0.25, 0.3) is 0 Å². The molecule has 1 aromatic heterocycles. The number of hydrogen-bond donors (Lipinski definition) is 1. The summed E-state index contributed by atoms with van der Waals surface area (Å²) in [4.78, 5) is 4.35. The largest absolute Gasteiger partial charge is 0.330 e. The van der Waals surface area contributed by atoms with Crippen molar-refractivity contribution in [2.24, 2.45) is 5.73 Å². The molecule has 16 heavy (non-hydrogen) atoms. The fraction of sp³-hybridized carbons (Fsp3) is 0.182. The standard InChI is InChI=1S/C11H10ClFN2S/c12-10-9(4-5-14)15-11(16-10)7-2-1-3-8(13)6-7/h1-3,6H,4-5,14H2. The van der Waals surface area contributed by atoms with Crippen LogP contribution in [0.1, 0.15) is 5.69 Å². The van der Waals surface area contributed by atoms with Crippen LogP contribution in [0.15, 0.2) is 24.3 Å². The SMILES string of the molecule is NCCc1nc(-c2cccc(F)c2)sc1Cl. The highest BCUT2D eigenvalue weighted by Gasteiger charge is 2.10. The lowest BCUT2D eigenvalue weighted by molar-refractivity contribution is 0.628. The van der Waals surface area contributed by atoms with Gasteiger partial charge in [0.15, 0.2) is 0 Å². The quantitative estimate of drug-likeness (QED) is 0.917. The second-order valence-corrected chi connectivity index (χ2v) is 4.89. The summed E-state index contributed by atoms with van der Waals surface area (Å²) >= 11 is 7.37. The first-order valence-corrected chi connectivity index (χ1v) is 6.01. The van der Waals surface area contributed by atoms with Gasteiger partial charge in [-0.25, -0.2) is 9.37 Å². The Hall–Kier alpha value is -0.970. The molecule has 0 unspecified atom stereocenters. The Kier molecular flexibility index (Phi) is 3.53. The topological polar surface area (TPSA) is 38.9 Å². The average Bonchev–Trinajstić information content (AvgIpc) is 2.61. The highest BCUT2D eigenvalue weighted by atomic mass is 35.5. The van der Waals surface area contributed by atoms with Gasteiger partial charge in [0.1, 0.15) is 15.2 Å². The molecule has 84 valence electrons.